The molecule has 0 spiro atoms. The van der Waals surface area contributed by atoms with Crippen LogP contribution in [-0.2, 0) is 0 Å². The van der Waals surface area contributed by atoms with E-state index in [4.69, 9.17) is 0 Å². The fraction of sp³-hybridized carbons (Fsp3) is 0.100. The lowest BCUT2D eigenvalue weighted by molar-refractivity contribution is 0.217. The summed E-state index contributed by atoms with van der Waals surface area (Å²) in [7, 11) is 0. The molecular formula is C10H7Br2NOS. The van der Waals surface area contributed by atoms with Gasteiger partial charge in [-0.05, 0) is 55.4 Å². The molecule has 78 valence electrons. The second-order valence-corrected chi connectivity index (χ2v) is 5.56. The van der Waals surface area contributed by atoms with Gasteiger partial charge in [0.15, 0.2) is 0 Å². The van der Waals surface area contributed by atoms with Crippen molar-refractivity contribution < 1.29 is 5.11 Å². The highest BCUT2D eigenvalue weighted by Crippen LogP contribution is 2.34. The maximum Gasteiger partial charge on any atom is 0.132 e. The SMILES string of the molecule is OC(c1ncccc1Br)c1sccc1Br. The van der Waals surface area contributed by atoms with E-state index < -0.39 is 6.10 Å². The van der Waals surface area contributed by atoms with Gasteiger partial charge in [-0.1, -0.05) is 0 Å². The molecule has 0 amide bonds. The van der Waals surface area contributed by atoms with Crippen molar-refractivity contribution in [3.63, 3.8) is 0 Å². The first-order valence-electron chi connectivity index (χ1n) is 4.21. The smallest absolute Gasteiger partial charge is 0.132 e. The first kappa shape index (κ1) is 11.3. The number of hydrogen-bond acceptors (Lipinski definition) is 3. The Balaban J connectivity index is 2.41. The molecular weight excluding hydrogens is 342 g/mol. The monoisotopic (exact) mass is 347 g/mol. The summed E-state index contributed by atoms with van der Waals surface area (Å²) >= 11 is 8.27. The van der Waals surface area contributed by atoms with E-state index in [1.165, 1.54) is 11.3 Å². The lowest BCUT2D eigenvalue weighted by Gasteiger charge is -2.10. The van der Waals surface area contributed by atoms with E-state index in [1.807, 2.05) is 23.6 Å². The molecule has 2 heterocycles. The van der Waals surface area contributed by atoms with E-state index in [2.05, 4.69) is 36.8 Å². The standard InChI is InChI=1S/C10H7Br2NOS/c11-6-2-1-4-13-8(6)9(14)10-7(12)3-5-15-10/h1-5,9,14H. The van der Waals surface area contributed by atoms with Crippen LogP contribution in [0.3, 0.4) is 0 Å². The molecule has 0 fully saturated rings. The van der Waals surface area contributed by atoms with Crippen molar-refractivity contribution in [1.82, 2.24) is 4.98 Å². The number of thiophene rings is 1. The van der Waals surface area contributed by atoms with Gasteiger partial charge in [0.05, 0.1) is 10.6 Å². The highest BCUT2D eigenvalue weighted by atomic mass is 79.9. The zero-order chi connectivity index (χ0) is 10.8. The van der Waals surface area contributed by atoms with Crippen molar-refractivity contribution in [3.05, 3.63) is 49.3 Å². The largest absolute Gasteiger partial charge is 0.381 e. The van der Waals surface area contributed by atoms with Gasteiger partial charge >= 0.3 is 0 Å². The van der Waals surface area contributed by atoms with Crippen LogP contribution >= 0.6 is 43.2 Å². The van der Waals surface area contributed by atoms with E-state index in [9.17, 15) is 5.11 Å². The predicted octanol–water partition coefficient (Wildman–Crippen LogP) is 3.75. The molecule has 0 bridgehead atoms. The van der Waals surface area contributed by atoms with E-state index in [0.29, 0.717) is 5.69 Å². The third-order valence-electron chi connectivity index (χ3n) is 1.94. The van der Waals surface area contributed by atoms with Crippen LogP contribution in [0.25, 0.3) is 0 Å². The molecule has 2 rings (SSSR count). The molecule has 1 atom stereocenters. The average molecular weight is 349 g/mol. The Kier molecular flexibility index (Phi) is 3.56. The Morgan fingerprint density at radius 1 is 1.27 bits per heavy atom. The number of nitrogens with zero attached hydrogens (tertiary/aromatic N) is 1. The van der Waals surface area contributed by atoms with Gasteiger partial charge in [0.2, 0.25) is 0 Å². The van der Waals surface area contributed by atoms with Gasteiger partial charge in [0.1, 0.15) is 6.10 Å². The summed E-state index contributed by atoms with van der Waals surface area (Å²) in [6, 6.07) is 5.61. The summed E-state index contributed by atoms with van der Waals surface area (Å²) < 4.78 is 1.73. The van der Waals surface area contributed by atoms with Crippen LogP contribution in [0.5, 0.6) is 0 Å². The van der Waals surface area contributed by atoms with Gasteiger partial charge in [-0.3, -0.25) is 4.98 Å². The van der Waals surface area contributed by atoms with Gasteiger partial charge in [0, 0.05) is 15.1 Å². The van der Waals surface area contributed by atoms with E-state index >= 15 is 0 Å². The predicted molar refractivity (Wildman–Crippen MR) is 68.0 cm³/mol. The maximum absolute atomic E-state index is 10.1. The molecule has 2 aromatic heterocycles. The van der Waals surface area contributed by atoms with E-state index in [-0.39, 0.29) is 0 Å². The highest BCUT2D eigenvalue weighted by Gasteiger charge is 2.18. The van der Waals surface area contributed by atoms with Crippen LogP contribution in [0.1, 0.15) is 16.7 Å². The molecule has 2 aromatic rings. The summed E-state index contributed by atoms with van der Waals surface area (Å²) in [6.07, 6.45) is 0.986. The Bertz CT molecular complexity index is 472. The lowest BCUT2D eigenvalue weighted by atomic mass is 10.2. The van der Waals surface area contributed by atoms with Crippen LogP contribution in [0.4, 0.5) is 0 Å². The minimum absolute atomic E-state index is 0.639. The first-order chi connectivity index (χ1) is 7.20. The van der Waals surface area contributed by atoms with Crippen LogP contribution in [0.15, 0.2) is 38.7 Å². The lowest BCUT2D eigenvalue weighted by Crippen LogP contribution is -2.01. The van der Waals surface area contributed by atoms with Gasteiger partial charge < -0.3 is 5.11 Å². The first-order valence-corrected chi connectivity index (χ1v) is 6.68. The van der Waals surface area contributed by atoms with Gasteiger partial charge in [-0.2, -0.15) is 0 Å². The zero-order valence-electron chi connectivity index (χ0n) is 7.52. The Hall–Kier alpha value is -0.230. The third kappa shape index (κ3) is 2.30. The van der Waals surface area contributed by atoms with Crippen molar-refractivity contribution >= 4 is 43.2 Å². The summed E-state index contributed by atoms with van der Waals surface area (Å²) in [5.74, 6) is 0. The van der Waals surface area contributed by atoms with E-state index in [1.54, 1.807) is 6.20 Å². The number of halogens is 2. The molecule has 0 aliphatic heterocycles. The van der Waals surface area contributed by atoms with Gasteiger partial charge in [-0.25, -0.2) is 0 Å². The minimum atomic E-state index is -0.685. The van der Waals surface area contributed by atoms with Crippen molar-refractivity contribution in [2.24, 2.45) is 0 Å². The summed E-state index contributed by atoms with van der Waals surface area (Å²) in [5, 5.41) is 12.1. The molecule has 1 N–H and O–H groups in total. The molecule has 0 saturated heterocycles. The number of rotatable bonds is 2. The normalized spacial score (nSPS) is 12.7. The van der Waals surface area contributed by atoms with Gasteiger partial charge in [0.25, 0.3) is 0 Å². The van der Waals surface area contributed by atoms with Crippen LogP contribution in [-0.4, -0.2) is 10.1 Å². The topological polar surface area (TPSA) is 33.1 Å². The fourth-order valence-corrected chi connectivity index (χ4v) is 3.27. The molecule has 0 aliphatic rings. The summed E-state index contributed by atoms with van der Waals surface area (Å²) in [4.78, 5) is 5.03. The fourth-order valence-electron chi connectivity index (χ4n) is 1.22. The van der Waals surface area contributed by atoms with E-state index in [0.717, 1.165) is 13.8 Å². The third-order valence-corrected chi connectivity index (χ3v) is 4.53. The molecule has 2 nitrogen and oxygen atoms in total. The van der Waals surface area contributed by atoms with Crippen molar-refractivity contribution in [3.8, 4) is 0 Å². The molecule has 0 radical (unpaired) electrons. The number of pyridine rings is 1. The molecule has 15 heavy (non-hydrogen) atoms. The zero-order valence-corrected chi connectivity index (χ0v) is 11.5. The number of aromatic nitrogens is 1. The van der Waals surface area contributed by atoms with Crippen LogP contribution in [0.2, 0.25) is 0 Å². The van der Waals surface area contributed by atoms with Crippen LogP contribution < -0.4 is 0 Å². The molecule has 1 unspecified atom stereocenters. The Morgan fingerprint density at radius 3 is 2.67 bits per heavy atom. The summed E-state index contributed by atoms with van der Waals surface area (Å²) in [6.45, 7) is 0. The number of hydrogen-bond donors (Lipinski definition) is 1. The minimum Gasteiger partial charge on any atom is -0.381 e. The molecule has 0 aromatic carbocycles. The maximum atomic E-state index is 10.1. The summed E-state index contributed by atoms with van der Waals surface area (Å²) in [5.41, 5.74) is 0.639. The Labute approximate surface area is 108 Å². The van der Waals surface area contributed by atoms with Gasteiger partial charge in [-0.15, -0.1) is 11.3 Å². The number of aliphatic hydroxyl groups is 1. The second kappa shape index (κ2) is 4.74. The van der Waals surface area contributed by atoms with Crippen LogP contribution in [0, 0.1) is 0 Å². The molecule has 0 saturated carbocycles. The number of aliphatic hydroxyl groups excluding tert-OH is 1. The highest BCUT2D eigenvalue weighted by molar-refractivity contribution is 9.10. The average Bonchev–Trinajstić information content (AvgIpc) is 2.64. The van der Waals surface area contributed by atoms with Crippen molar-refractivity contribution in [1.29, 1.82) is 0 Å². The molecule has 5 heteroatoms. The van der Waals surface area contributed by atoms with Crippen molar-refractivity contribution in [2.45, 2.75) is 6.10 Å². The quantitative estimate of drug-likeness (QED) is 0.896. The molecule has 0 aliphatic carbocycles. The van der Waals surface area contributed by atoms with Crippen molar-refractivity contribution in [2.75, 3.05) is 0 Å². The Morgan fingerprint density at radius 2 is 2.07 bits per heavy atom. The second-order valence-electron chi connectivity index (χ2n) is 2.91.